The lowest BCUT2D eigenvalue weighted by atomic mass is 10.2. The molecule has 1 aliphatic heterocycles. The Morgan fingerprint density at radius 1 is 1.16 bits per heavy atom. The summed E-state index contributed by atoms with van der Waals surface area (Å²) in [6, 6.07) is 8.17. The highest BCUT2D eigenvalue weighted by atomic mass is 16.5. The standard InChI is InChI=1S/C19H26N4O2/c1-15-20-19(25-22-15)8-6-7-18(24)21-16-9-11-17(12-10-16)23-13-4-2-3-5-14-23/h9-12H,2-8,13-14H2,1H3,(H,21,24). The zero-order chi connectivity index (χ0) is 17.5. The maximum absolute atomic E-state index is 12.1. The molecule has 1 N–H and O–H groups in total. The van der Waals surface area contributed by atoms with Crippen molar-refractivity contribution in [1.29, 1.82) is 0 Å². The summed E-state index contributed by atoms with van der Waals surface area (Å²) >= 11 is 0. The monoisotopic (exact) mass is 342 g/mol. The minimum atomic E-state index is 0.0127. The van der Waals surface area contributed by atoms with Gasteiger partial charge in [0.2, 0.25) is 11.8 Å². The van der Waals surface area contributed by atoms with E-state index in [0.29, 0.717) is 31.0 Å². The SMILES string of the molecule is Cc1noc(CCCC(=O)Nc2ccc(N3CCCCCC3)cc2)n1. The molecule has 0 radical (unpaired) electrons. The predicted octanol–water partition coefficient (Wildman–Crippen LogP) is 3.72. The Morgan fingerprint density at radius 2 is 1.88 bits per heavy atom. The van der Waals surface area contributed by atoms with Crippen molar-refractivity contribution < 1.29 is 9.32 Å². The van der Waals surface area contributed by atoms with Gasteiger partial charge in [-0.1, -0.05) is 18.0 Å². The van der Waals surface area contributed by atoms with Crippen molar-refractivity contribution in [2.75, 3.05) is 23.3 Å². The second-order valence-electron chi connectivity index (χ2n) is 6.59. The van der Waals surface area contributed by atoms with Crippen LogP contribution in [-0.4, -0.2) is 29.1 Å². The van der Waals surface area contributed by atoms with Crippen LogP contribution in [0.3, 0.4) is 0 Å². The van der Waals surface area contributed by atoms with Crippen LogP contribution >= 0.6 is 0 Å². The van der Waals surface area contributed by atoms with E-state index in [-0.39, 0.29) is 5.91 Å². The van der Waals surface area contributed by atoms with Crippen molar-refractivity contribution >= 4 is 17.3 Å². The fourth-order valence-corrected chi connectivity index (χ4v) is 3.15. The number of anilines is 2. The molecule has 0 spiro atoms. The Bertz CT molecular complexity index is 673. The molecular formula is C19H26N4O2. The molecule has 1 aromatic carbocycles. The molecule has 6 nitrogen and oxygen atoms in total. The molecule has 1 saturated heterocycles. The van der Waals surface area contributed by atoms with Gasteiger partial charge in [0.15, 0.2) is 5.82 Å². The summed E-state index contributed by atoms with van der Waals surface area (Å²) < 4.78 is 5.05. The average molecular weight is 342 g/mol. The van der Waals surface area contributed by atoms with Gasteiger partial charge in [0.25, 0.3) is 0 Å². The van der Waals surface area contributed by atoms with Gasteiger partial charge in [0.1, 0.15) is 0 Å². The number of nitrogens with zero attached hydrogens (tertiary/aromatic N) is 3. The molecule has 134 valence electrons. The van der Waals surface area contributed by atoms with Gasteiger partial charge in [0.05, 0.1) is 0 Å². The van der Waals surface area contributed by atoms with E-state index >= 15 is 0 Å². The molecule has 1 fully saturated rings. The predicted molar refractivity (Wildman–Crippen MR) is 97.7 cm³/mol. The van der Waals surface area contributed by atoms with Gasteiger partial charge in [-0.15, -0.1) is 0 Å². The van der Waals surface area contributed by atoms with E-state index in [1.165, 1.54) is 31.4 Å². The smallest absolute Gasteiger partial charge is 0.226 e. The number of nitrogens with one attached hydrogen (secondary N) is 1. The van der Waals surface area contributed by atoms with Gasteiger partial charge in [-0.05, 0) is 50.5 Å². The Balaban J connectivity index is 1.44. The van der Waals surface area contributed by atoms with Crippen molar-refractivity contribution in [2.45, 2.75) is 51.9 Å². The Hall–Kier alpha value is -2.37. The largest absolute Gasteiger partial charge is 0.372 e. The van der Waals surface area contributed by atoms with Crippen molar-refractivity contribution in [1.82, 2.24) is 10.1 Å². The summed E-state index contributed by atoms with van der Waals surface area (Å²) in [5, 5.41) is 6.70. The number of carbonyl (C=O) groups excluding carboxylic acids is 1. The summed E-state index contributed by atoms with van der Waals surface area (Å²) in [5.74, 6) is 1.23. The average Bonchev–Trinajstić information content (AvgIpc) is 2.85. The molecule has 6 heteroatoms. The molecule has 2 heterocycles. The van der Waals surface area contributed by atoms with Crippen molar-refractivity contribution in [2.24, 2.45) is 0 Å². The van der Waals surface area contributed by atoms with Crippen molar-refractivity contribution in [3.8, 4) is 0 Å². The molecule has 1 aliphatic rings. The molecule has 3 rings (SSSR count). The van der Waals surface area contributed by atoms with Crippen molar-refractivity contribution in [3.05, 3.63) is 36.0 Å². The first-order valence-corrected chi connectivity index (χ1v) is 9.15. The molecule has 0 atom stereocenters. The quantitative estimate of drug-likeness (QED) is 0.866. The lowest BCUT2D eigenvalue weighted by molar-refractivity contribution is -0.116. The van der Waals surface area contributed by atoms with E-state index in [4.69, 9.17) is 4.52 Å². The number of hydrogen-bond acceptors (Lipinski definition) is 5. The fourth-order valence-electron chi connectivity index (χ4n) is 3.15. The summed E-state index contributed by atoms with van der Waals surface area (Å²) in [6.45, 7) is 4.04. The second-order valence-corrected chi connectivity index (χ2v) is 6.59. The molecular weight excluding hydrogens is 316 g/mol. The molecule has 0 aliphatic carbocycles. The number of aryl methyl sites for hydroxylation is 2. The van der Waals surface area contributed by atoms with Gasteiger partial charge in [-0.25, -0.2) is 0 Å². The first-order chi connectivity index (χ1) is 12.2. The van der Waals surface area contributed by atoms with E-state index in [9.17, 15) is 4.79 Å². The number of rotatable bonds is 6. The zero-order valence-corrected chi connectivity index (χ0v) is 14.8. The van der Waals surface area contributed by atoms with Crippen LogP contribution in [0, 0.1) is 6.92 Å². The van der Waals surface area contributed by atoms with E-state index in [0.717, 1.165) is 18.8 Å². The van der Waals surface area contributed by atoms with Gasteiger partial charge in [-0.3, -0.25) is 4.79 Å². The first kappa shape index (κ1) is 17.5. The maximum Gasteiger partial charge on any atom is 0.226 e. The van der Waals surface area contributed by atoms with Crippen LogP contribution in [0.4, 0.5) is 11.4 Å². The molecule has 0 saturated carbocycles. The van der Waals surface area contributed by atoms with Crippen LogP contribution in [0.15, 0.2) is 28.8 Å². The van der Waals surface area contributed by atoms with Crippen LogP contribution in [0.5, 0.6) is 0 Å². The van der Waals surface area contributed by atoms with E-state index in [2.05, 4.69) is 32.5 Å². The minimum Gasteiger partial charge on any atom is -0.372 e. The van der Waals surface area contributed by atoms with Crippen LogP contribution < -0.4 is 10.2 Å². The number of amides is 1. The third kappa shape index (κ3) is 5.31. The van der Waals surface area contributed by atoms with E-state index < -0.39 is 0 Å². The molecule has 0 unspecified atom stereocenters. The third-order valence-electron chi connectivity index (χ3n) is 4.49. The topological polar surface area (TPSA) is 71.3 Å². The minimum absolute atomic E-state index is 0.0127. The van der Waals surface area contributed by atoms with E-state index in [1.54, 1.807) is 6.92 Å². The highest BCUT2D eigenvalue weighted by Gasteiger charge is 2.10. The van der Waals surface area contributed by atoms with Crippen LogP contribution in [-0.2, 0) is 11.2 Å². The maximum atomic E-state index is 12.1. The summed E-state index contributed by atoms with van der Waals surface area (Å²) in [4.78, 5) is 18.6. The van der Waals surface area contributed by atoms with Crippen molar-refractivity contribution in [3.63, 3.8) is 0 Å². The first-order valence-electron chi connectivity index (χ1n) is 9.15. The lowest BCUT2D eigenvalue weighted by Gasteiger charge is -2.22. The second kappa shape index (κ2) is 8.65. The zero-order valence-electron chi connectivity index (χ0n) is 14.8. The Morgan fingerprint density at radius 3 is 2.52 bits per heavy atom. The Kier molecular flexibility index (Phi) is 6.04. The third-order valence-corrected chi connectivity index (χ3v) is 4.49. The normalized spacial score (nSPS) is 15.0. The summed E-state index contributed by atoms with van der Waals surface area (Å²) in [7, 11) is 0. The fraction of sp³-hybridized carbons (Fsp3) is 0.526. The highest BCUT2D eigenvalue weighted by molar-refractivity contribution is 5.90. The molecule has 25 heavy (non-hydrogen) atoms. The molecule has 0 bridgehead atoms. The lowest BCUT2D eigenvalue weighted by Crippen LogP contribution is -2.23. The van der Waals surface area contributed by atoms with Crippen LogP contribution in [0.25, 0.3) is 0 Å². The molecule has 2 aromatic rings. The highest BCUT2D eigenvalue weighted by Crippen LogP contribution is 2.21. The number of benzene rings is 1. The molecule has 1 aromatic heterocycles. The molecule has 1 amide bonds. The summed E-state index contributed by atoms with van der Waals surface area (Å²) in [5.41, 5.74) is 2.09. The summed E-state index contributed by atoms with van der Waals surface area (Å²) in [6.07, 6.45) is 6.94. The van der Waals surface area contributed by atoms with E-state index in [1.807, 2.05) is 12.1 Å². The van der Waals surface area contributed by atoms with Gasteiger partial charge in [-0.2, -0.15) is 4.98 Å². The number of carbonyl (C=O) groups is 1. The number of aromatic nitrogens is 2. The van der Waals surface area contributed by atoms with Gasteiger partial charge < -0.3 is 14.7 Å². The van der Waals surface area contributed by atoms with Gasteiger partial charge in [0, 0.05) is 37.3 Å². The van der Waals surface area contributed by atoms with Crippen LogP contribution in [0.2, 0.25) is 0 Å². The Labute approximate surface area is 148 Å². The van der Waals surface area contributed by atoms with Gasteiger partial charge >= 0.3 is 0 Å². The van der Waals surface area contributed by atoms with Crippen LogP contribution in [0.1, 0.15) is 50.2 Å². The number of hydrogen-bond donors (Lipinski definition) is 1.